The van der Waals surface area contributed by atoms with Crippen molar-refractivity contribution in [1.82, 2.24) is 10.2 Å². The van der Waals surface area contributed by atoms with Gasteiger partial charge in [0.1, 0.15) is 11.8 Å². The van der Waals surface area contributed by atoms with Gasteiger partial charge in [-0.15, -0.1) is 0 Å². The first-order valence-corrected chi connectivity index (χ1v) is 10.6. The standard InChI is InChI=1S/C25H34N2O3/c1-6-7-14-26-25(29)21(5)27(16-22-11-9-8-10-19(22)3)24(28)17-30-23-15-18(2)12-13-20(23)4/h8-13,15,21H,6-7,14,16-17H2,1-5H3,(H,26,29)/t21-/m0/s1. The van der Waals surface area contributed by atoms with E-state index in [1.165, 1.54) is 0 Å². The fourth-order valence-electron chi connectivity index (χ4n) is 3.17. The molecule has 0 aliphatic carbocycles. The summed E-state index contributed by atoms with van der Waals surface area (Å²) in [5.74, 6) is 0.341. The zero-order valence-electron chi connectivity index (χ0n) is 18.8. The Morgan fingerprint density at radius 1 is 1.07 bits per heavy atom. The molecule has 0 radical (unpaired) electrons. The third kappa shape index (κ3) is 6.61. The molecule has 0 bridgehead atoms. The molecule has 2 aromatic carbocycles. The molecule has 2 amide bonds. The van der Waals surface area contributed by atoms with Crippen LogP contribution in [-0.4, -0.2) is 35.9 Å². The Bertz CT molecular complexity index is 863. The summed E-state index contributed by atoms with van der Waals surface area (Å²) in [6.07, 6.45) is 1.92. The van der Waals surface area contributed by atoms with E-state index < -0.39 is 6.04 Å². The van der Waals surface area contributed by atoms with Crippen molar-refractivity contribution < 1.29 is 14.3 Å². The highest BCUT2D eigenvalue weighted by Gasteiger charge is 2.26. The van der Waals surface area contributed by atoms with E-state index in [1.54, 1.807) is 11.8 Å². The van der Waals surface area contributed by atoms with Crippen LogP contribution in [0.2, 0.25) is 0 Å². The SMILES string of the molecule is CCCCNC(=O)[C@H](C)N(Cc1ccccc1C)C(=O)COc1cc(C)ccc1C. The Kier molecular flexibility index (Phi) is 8.90. The van der Waals surface area contributed by atoms with Gasteiger partial charge in [-0.05, 0) is 62.4 Å². The summed E-state index contributed by atoms with van der Waals surface area (Å²) in [7, 11) is 0. The molecule has 0 saturated heterocycles. The highest BCUT2D eigenvalue weighted by Crippen LogP contribution is 2.20. The van der Waals surface area contributed by atoms with Gasteiger partial charge in [-0.3, -0.25) is 9.59 Å². The van der Waals surface area contributed by atoms with E-state index in [0.717, 1.165) is 35.1 Å². The zero-order valence-corrected chi connectivity index (χ0v) is 18.8. The predicted octanol–water partition coefficient (Wildman–Crippen LogP) is 4.32. The number of carbonyl (C=O) groups excluding carboxylic acids is 2. The van der Waals surface area contributed by atoms with E-state index in [2.05, 4.69) is 12.2 Å². The Labute approximate surface area is 180 Å². The minimum Gasteiger partial charge on any atom is -0.483 e. The first-order valence-electron chi connectivity index (χ1n) is 10.6. The normalized spacial score (nSPS) is 11.6. The van der Waals surface area contributed by atoms with Gasteiger partial charge < -0.3 is 15.0 Å². The van der Waals surface area contributed by atoms with Crippen molar-refractivity contribution in [2.24, 2.45) is 0 Å². The molecule has 0 spiro atoms. The van der Waals surface area contributed by atoms with Crippen molar-refractivity contribution in [2.45, 2.75) is 60.0 Å². The molecule has 162 valence electrons. The Balaban J connectivity index is 2.16. The quantitative estimate of drug-likeness (QED) is 0.593. The fraction of sp³-hybridized carbons (Fsp3) is 0.440. The van der Waals surface area contributed by atoms with Crippen molar-refractivity contribution in [2.75, 3.05) is 13.2 Å². The third-order valence-electron chi connectivity index (χ3n) is 5.29. The van der Waals surface area contributed by atoms with Gasteiger partial charge in [-0.25, -0.2) is 0 Å². The van der Waals surface area contributed by atoms with Crippen LogP contribution in [0.25, 0.3) is 0 Å². The molecule has 5 nitrogen and oxygen atoms in total. The van der Waals surface area contributed by atoms with Crippen molar-refractivity contribution in [3.63, 3.8) is 0 Å². The second kappa shape index (κ2) is 11.4. The van der Waals surface area contributed by atoms with Crippen molar-refractivity contribution in [1.29, 1.82) is 0 Å². The van der Waals surface area contributed by atoms with Crippen LogP contribution in [0.1, 0.15) is 48.9 Å². The molecule has 0 aliphatic rings. The van der Waals surface area contributed by atoms with E-state index in [1.807, 2.05) is 63.2 Å². The number of nitrogens with one attached hydrogen (secondary N) is 1. The molecule has 0 saturated carbocycles. The monoisotopic (exact) mass is 410 g/mol. The zero-order chi connectivity index (χ0) is 22.1. The minimum absolute atomic E-state index is 0.108. The molecule has 1 atom stereocenters. The van der Waals surface area contributed by atoms with E-state index in [4.69, 9.17) is 4.74 Å². The van der Waals surface area contributed by atoms with E-state index in [-0.39, 0.29) is 18.4 Å². The molecule has 2 rings (SSSR count). The molecule has 30 heavy (non-hydrogen) atoms. The first-order chi connectivity index (χ1) is 14.3. The van der Waals surface area contributed by atoms with Gasteiger partial charge in [0.25, 0.3) is 5.91 Å². The summed E-state index contributed by atoms with van der Waals surface area (Å²) in [6, 6.07) is 13.2. The molecule has 0 unspecified atom stereocenters. The molecule has 5 heteroatoms. The van der Waals surface area contributed by atoms with Crippen LogP contribution in [-0.2, 0) is 16.1 Å². The van der Waals surface area contributed by atoms with Gasteiger partial charge in [0.15, 0.2) is 6.61 Å². The van der Waals surface area contributed by atoms with Crippen molar-refractivity contribution in [3.05, 3.63) is 64.7 Å². The highest BCUT2D eigenvalue weighted by molar-refractivity contribution is 5.88. The maximum atomic E-state index is 13.1. The van der Waals surface area contributed by atoms with Gasteiger partial charge in [0.05, 0.1) is 0 Å². The van der Waals surface area contributed by atoms with Crippen LogP contribution < -0.4 is 10.1 Å². The summed E-state index contributed by atoms with van der Waals surface area (Å²) in [5, 5.41) is 2.94. The minimum atomic E-state index is -0.587. The lowest BCUT2D eigenvalue weighted by Crippen LogP contribution is -2.49. The van der Waals surface area contributed by atoms with Gasteiger partial charge in [0, 0.05) is 13.1 Å². The Morgan fingerprint density at radius 3 is 2.50 bits per heavy atom. The van der Waals surface area contributed by atoms with Crippen molar-refractivity contribution >= 4 is 11.8 Å². The highest BCUT2D eigenvalue weighted by atomic mass is 16.5. The number of hydrogen-bond acceptors (Lipinski definition) is 3. The second-order valence-corrected chi connectivity index (χ2v) is 7.83. The number of amides is 2. The predicted molar refractivity (Wildman–Crippen MR) is 121 cm³/mol. The topological polar surface area (TPSA) is 58.6 Å². The fourth-order valence-corrected chi connectivity index (χ4v) is 3.17. The van der Waals surface area contributed by atoms with E-state index in [9.17, 15) is 9.59 Å². The van der Waals surface area contributed by atoms with Crippen LogP contribution in [0, 0.1) is 20.8 Å². The van der Waals surface area contributed by atoms with Crippen molar-refractivity contribution in [3.8, 4) is 5.75 Å². The number of benzene rings is 2. The summed E-state index contributed by atoms with van der Waals surface area (Å²) in [4.78, 5) is 27.4. The average Bonchev–Trinajstić information content (AvgIpc) is 2.73. The molecule has 0 aromatic heterocycles. The smallest absolute Gasteiger partial charge is 0.261 e. The molecular formula is C25H34N2O3. The van der Waals surface area contributed by atoms with Crippen LogP contribution in [0.4, 0.5) is 0 Å². The molecule has 0 fully saturated rings. The maximum absolute atomic E-state index is 13.1. The Morgan fingerprint density at radius 2 is 1.80 bits per heavy atom. The van der Waals surface area contributed by atoms with E-state index in [0.29, 0.717) is 18.8 Å². The first kappa shape index (κ1) is 23.5. The van der Waals surface area contributed by atoms with Gasteiger partial charge in [-0.2, -0.15) is 0 Å². The van der Waals surface area contributed by atoms with Gasteiger partial charge >= 0.3 is 0 Å². The van der Waals surface area contributed by atoms with Crippen LogP contribution >= 0.6 is 0 Å². The number of ether oxygens (including phenoxy) is 1. The maximum Gasteiger partial charge on any atom is 0.261 e. The summed E-state index contributed by atoms with van der Waals surface area (Å²) in [5.41, 5.74) is 4.16. The number of nitrogens with zero attached hydrogens (tertiary/aromatic N) is 1. The van der Waals surface area contributed by atoms with Crippen LogP contribution in [0.15, 0.2) is 42.5 Å². The lowest BCUT2D eigenvalue weighted by Gasteiger charge is -2.29. The summed E-state index contributed by atoms with van der Waals surface area (Å²) < 4.78 is 5.83. The van der Waals surface area contributed by atoms with Crippen LogP contribution in [0.3, 0.4) is 0 Å². The largest absolute Gasteiger partial charge is 0.483 e. The number of unbranched alkanes of at least 4 members (excludes halogenated alkanes) is 1. The summed E-state index contributed by atoms with van der Waals surface area (Å²) >= 11 is 0. The number of rotatable bonds is 10. The molecule has 0 aliphatic heterocycles. The number of hydrogen-bond donors (Lipinski definition) is 1. The molecular weight excluding hydrogens is 376 g/mol. The van der Waals surface area contributed by atoms with Gasteiger partial charge in [-0.1, -0.05) is 49.7 Å². The molecule has 0 heterocycles. The molecule has 2 aromatic rings. The lowest BCUT2D eigenvalue weighted by molar-refractivity contribution is -0.142. The average molecular weight is 411 g/mol. The number of carbonyl (C=O) groups is 2. The third-order valence-corrected chi connectivity index (χ3v) is 5.29. The summed E-state index contributed by atoms with van der Waals surface area (Å²) in [6.45, 7) is 10.7. The van der Waals surface area contributed by atoms with Crippen LogP contribution in [0.5, 0.6) is 5.75 Å². The Hall–Kier alpha value is -2.82. The van der Waals surface area contributed by atoms with E-state index >= 15 is 0 Å². The lowest BCUT2D eigenvalue weighted by atomic mass is 10.1. The number of aryl methyl sites for hydroxylation is 3. The van der Waals surface area contributed by atoms with Gasteiger partial charge in [0.2, 0.25) is 5.91 Å². The molecule has 1 N–H and O–H groups in total. The second-order valence-electron chi connectivity index (χ2n) is 7.83.